The SMILES string of the molecule is C=C(C)CN1CCC(NC(=O)NC(C)c2c(F)cccc2OC)CC1. The van der Waals surface area contributed by atoms with E-state index >= 15 is 0 Å². The van der Waals surface area contributed by atoms with Crippen molar-refractivity contribution < 1.29 is 13.9 Å². The number of carbonyl (C=O) groups excluding carboxylic acids is 1. The number of methoxy groups -OCH3 is 1. The molecule has 5 nitrogen and oxygen atoms in total. The highest BCUT2D eigenvalue weighted by molar-refractivity contribution is 5.75. The van der Waals surface area contributed by atoms with E-state index in [4.69, 9.17) is 4.74 Å². The largest absolute Gasteiger partial charge is 0.496 e. The van der Waals surface area contributed by atoms with Crippen molar-refractivity contribution in [2.24, 2.45) is 0 Å². The van der Waals surface area contributed by atoms with Gasteiger partial charge in [0.05, 0.1) is 18.7 Å². The molecule has 1 aromatic rings. The predicted octanol–water partition coefficient (Wildman–Crippen LogP) is 3.24. The Kier molecular flexibility index (Phi) is 6.82. The second kappa shape index (κ2) is 8.85. The summed E-state index contributed by atoms with van der Waals surface area (Å²) in [4.78, 5) is 14.6. The van der Waals surface area contributed by atoms with Crippen molar-refractivity contribution >= 4 is 6.03 Å². The van der Waals surface area contributed by atoms with E-state index in [0.717, 1.165) is 38.0 Å². The van der Waals surface area contributed by atoms with Gasteiger partial charge in [0, 0.05) is 25.7 Å². The summed E-state index contributed by atoms with van der Waals surface area (Å²) >= 11 is 0. The lowest BCUT2D eigenvalue weighted by atomic mass is 10.0. The zero-order valence-electron chi connectivity index (χ0n) is 15.3. The number of benzene rings is 1. The highest BCUT2D eigenvalue weighted by atomic mass is 19.1. The molecule has 0 aliphatic carbocycles. The third kappa shape index (κ3) is 5.46. The number of likely N-dealkylation sites (tertiary alicyclic amines) is 1. The second-order valence-electron chi connectivity index (χ2n) is 6.70. The molecule has 2 amide bonds. The molecule has 1 unspecified atom stereocenters. The van der Waals surface area contributed by atoms with Crippen LogP contribution in [0.1, 0.15) is 38.3 Å². The summed E-state index contributed by atoms with van der Waals surface area (Å²) in [7, 11) is 1.49. The quantitative estimate of drug-likeness (QED) is 0.775. The van der Waals surface area contributed by atoms with E-state index in [2.05, 4.69) is 22.1 Å². The van der Waals surface area contributed by atoms with E-state index in [1.54, 1.807) is 19.1 Å². The van der Waals surface area contributed by atoms with Gasteiger partial charge in [-0.25, -0.2) is 9.18 Å². The van der Waals surface area contributed by atoms with Gasteiger partial charge in [0.2, 0.25) is 0 Å². The Hall–Kier alpha value is -2.08. The summed E-state index contributed by atoms with van der Waals surface area (Å²) in [6.07, 6.45) is 1.80. The average molecular weight is 349 g/mol. The molecule has 1 saturated heterocycles. The van der Waals surface area contributed by atoms with Crippen LogP contribution in [0.2, 0.25) is 0 Å². The predicted molar refractivity (Wildman–Crippen MR) is 97.3 cm³/mol. The first-order valence-corrected chi connectivity index (χ1v) is 8.67. The smallest absolute Gasteiger partial charge is 0.315 e. The van der Waals surface area contributed by atoms with Crippen LogP contribution in [0, 0.1) is 5.82 Å². The number of hydrogen-bond donors (Lipinski definition) is 2. The van der Waals surface area contributed by atoms with Gasteiger partial charge < -0.3 is 15.4 Å². The van der Waals surface area contributed by atoms with Crippen molar-refractivity contribution in [3.63, 3.8) is 0 Å². The molecule has 25 heavy (non-hydrogen) atoms. The van der Waals surface area contributed by atoms with E-state index in [0.29, 0.717) is 11.3 Å². The first-order chi connectivity index (χ1) is 11.9. The molecule has 0 bridgehead atoms. The summed E-state index contributed by atoms with van der Waals surface area (Å²) in [5, 5.41) is 5.79. The van der Waals surface area contributed by atoms with Gasteiger partial charge in [-0.3, -0.25) is 4.90 Å². The topological polar surface area (TPSA) is 53.6 Å². The number of halogens is 1. The molecule has 1 fully saturated rings. The monoisotopic (exact) mass is 349 g/mol. The van der Waals surface area contributed by atoms with Gasteiger partial charge in [0.25, 0.3) is 0 Å². The van der Waals surface area contributed by atoms with Gasteiger partial charge in [-0.1, -0.05) is 18.2 Å². The Morgan fingerprint density at radius 2 is 2.12 bits per heavy atom. The molecule has 1 aliphatic rings. The highest BCUT2D eigenvalue weighted by Gasteiger charge is 2.23. The van der Waals surface area contributed by atoms with Gasteiger partial charge in [0.15, 0.2) is 0 Å². The zero-order chi connectivity index (χ0) is 18.4. The molecule has 1 aliphatic heterocycles. The third-order valence-electron chi connectivity index (χ3n) is 4.43. The van der Waals surface area contributed by atoms with Crippen molar-refractivity contribution in [3.05, 3.63) is 41.7 Å². The number of nitrogens with one attached hydrogen (secondary N) is 2. The van der Waals surface area contributed by atoms with Crippen LogP contribution in [0.25, 0.3) is 0 Å². The van der Waals surface area contributed by atoms with Gasteiger partial charge in [-0.05, 0) is 38.8 Å². The molecule has 138 valence electrons. The Balaban J connectivity index is 1.86. The molecule has 0 aromatic heterocycles. The summed E-state index contributed by atoms with van der Waals surface area (Å²) < 4.78 is 19.3. The maximum absolute atomic E-state index is 14.1. The lowest BCUT2D eigenvalue weighted by molar-refractivity contribution is 0.200. The molecule has 0 saturated carbocycles. The van der Waals surface area contributed by atoms with Crippen LogP contribution in [-0.4, -0.2) is 43.7 Å². The van der Waals surface area contributed by atoms with Crippen LogP contribution in [0.15, 0.2) is 30.4 Å². The molecule has 1 atom stereocenters. The molecular formula is C19H28FN3O2. The molecule has 2 N–H and O–H groups in total. The fourth-order valence-corrected chi connectivity index (χ4v) is 3.23. The molecule has 6 heteroatoms. The second-order valence-corrected chi connectivity index (χ2v) is 6.70. The van der Waals surface area contributed by atoms with Crippen molar-refractivity contribution in [2.75, 3.05) is 26.7 Å². The Morgan fingerprint density at radius 1 is 1.44 bits per heavy atom. The Morgan fingerprint density at radius 3 is 2.72 bits per heavy atom. The number of rotatable bonds is 6. The van der Waals surface area contributed by atoms with Crippen LogP contribution in [0.4, 0.5) is 9.18 Å². The van der Waals surface area contributed by atoms with Crippen molar-refractivity contribution in [1.29, 1.82) is 0 Å². The fourth-order valence-electron chi connectivity index (χ4n) is 3.23. The van der Waals surface area contributed by atoms with Crippen molar-refractivity contribution in [2.45, 2.75) is 38.8 Å². The van der Waals surface area contributed by atoms with Crippen LogP contribution in [0.3, 0.4) is 0 Å². The molecule has 0 radical (unpaired) electrons. The molecule has 1 aromatic carbocycles. The van der Waals surface area contributed by atoms with Gasteiger partial charge >= 0.3 is 6.03 Å². The zero-order valence-corrected chi connectivity index (χ0v) is 15.3. The summed E-state index contributed by atoms with van der Waals surface area (Å²) in [6, 6.07) is 4.01. The maximum Gasteiger partial charge on any atom is 0.315 e. The minimum atomic E-state index is -0.486. The third-order valence-corrected chi connectivity index (χ3v) is 4.43. The van der Waals surface area contributed by atoms with Crippen molar-refractivity contribution in [1.82, 2.24) is 15.5 Å². The number of ether oxygens (including phenoxy) is 1. The minimum Gasteiger partial charge on any atom is -0.496 e. The molecule has 2 rings (SSSR count). The van der Waals surface area contributed by atoms with Crippen molar-refractivity contribution in [3.8, 4) is 5.75 Å². The van der Waals surface area contributed by atoms with E-state index in [1.807, 2.05) is 6.92 Å². The normalized spacial score (nSPS) is 17.0. The van der Waals surface area contributed by atoms with E-state index in [-0.39, 0.29) is 17.9 Å². The number of nitrogens with zero attached hydrogens (tertiary/aromatic N) is 1. The number of amides is 2. The Labute approximate surface area is 149 Å². The lowest BCUT2D eigenvalue weighted by Crippen LogP contribution is -2.48. The maximum atomic E-state index is 14.1. The van der Waals surface area contributed by atoms with E-state index in [1.165, 1.54) is 13.2 Å². The fraction of sp³-hybridized carbons (Fsp3) is 0.526. The first-order valence-electron chi connectivity index (χ1n) is 8.67. The van der Waals surface area contributed by atoms with Crippen LogP contribution in [-0.2, 0) is 0 Å². The summed E-state index contributed by atoms with van der Waals surface area (Å²) in [5.74, 6) is 0.0427. The molecular weight excluding hydrogens is 321 g/mol. The standard InChI is InChI=1S/C19H28FN3O2/c1-13(2)12-23-10-8-15(9-11-23)22-19(24)21-14(3)18-16(20)6-5-7-17(18)25-4/h5-7,14-15H,1,8-12H2,2-4H3,(H2,21,22,24). The minimum absolute atomic E-state index is 0.135. The number of urea groups is 1. The lowest BCUT2D eigenvalue weighted by Gasteiger charge is -2.32. The number of hydrogen-bond acceptors (Lipinski definition) is 3. The number of carbonyl (C=O) groups is 1. The molecule has 1 heterocycles. The van der Waals surface area contributed by atoms with E-state index < -0.39 is 6.04 Å². The van der Waals surface area contributed by atoms with Gasteiger partial charge in [-0.15, -0.1) is 0 Å². The Bertz CT molecular complexity index is 613. The van der Waals surface area contributed by atoms with Gasteiger partial charge in [-0.2, -0.15) is 0 Å². The summed E-state index contributed by atoms with van der Waals surface area (Å²) in [6.45, 7) is 10.5. The first kappa shape index (κ1) is 19.2. The highest BCUT2D eigenvalue weighted by Crippen LogP contribution is 2.27. The molecule has 0 spiro atoms. The number of piperidine rings is 1. The van der Waals surface area contributed by atoms with E-state index in [9.17, 15) is 9.18 Å². The van der Waals surface area contributed by atoms with Crippen LogP contribution < -0.4 is 15.4 Å². The average Bonchev–Trinajstić information content (AvgIpc) is 2.55. The summed E-state index contributed by atoms with van der Waals surface area (Å²) in [5.41, 5.74) is 1.51. The van der Waals surface area contributed by atoms with Gasteiger partial charge in [0.1, 0.15) is 11.6 Å². The van der Waals surface area contributed by atoms with Crippen LogP contribution in [0.5, 0.6) is 5.75 Å². The van der Waals surface area contributed by atoms with Crippen LogP contribution >= 0.6 is 0 Å².